The molecule has 0 aliphatic carbocycles. The van der Waals surface area contributed by atoms with Gasteiger partial charge in [-0.15, -0.1) is 11.3 Å². The zero-order valence-electron chi connectivity index (χ0n) is 12.1. The van der Waals surface area contributed by atoms with Gasteiger partial charge < -0.3 is 4.40 Å². The highest BCUT2D eigenvalue weighted by Crippen LogP contribution is 2.35. The van der Waals surface area contributed by atoms with Gasteiger partial charge in [0.2, 0.25) is 0 Å². The molecule has 0 radical (unpaired) electrons. The highest BCUT2D eigenvalue weighted by Gasteiger charge is 2.14. The molecule has 0 spiro atoms. The van der Waals surface area contributed by atoms with E-state index in [0.29, 0.717) is 0 Å². The molecule has 6 heteroatoms. The molecule has 0 bridgehead atoms. The van der Waals surface area contributed by atoms with Crippen LogP contribution in [0.2, 0.25) is 0 Å². The van der Waals surface area contributed by atoms with Gasteiger partial charge in [0.15, 0.2) is 0 Å². The summed E-state index contributed by atoms with van der Waals surface area (Å²) in [6, 6.07) is 10.3. The Balaban J connectivity index is 1.80. The van der Waals surface area contributed by atoms with E-state index in [-0.39, 0.29) is 5.82 Å². The summed E-state index contributed by atoms with van der Waals surface area (Å²) in [6.07, 6.45) is 3.97. The molecule has 23 heavy (non-hydrogen) atoms. The van der Waals surface area contributed by atoms with E-state index in [2.05, 4.69) is 25.9 Å². The first-order valence-electron chi connectivity index (χ1n) is 6.98. The normalized spacial score (nSPS) is 11.3. The van der Waals surface area contributed by atoms with Crippen LogP contribution in [-0.4, -0.2) is 14.4 Å². The topological polar surface area (TPSA) is 30.2 Å². The minimum atomic E-state index is -0.242. The van der Waals surface area contributed by atoms with Gasteiger partial charge in [0, 0.05) is 22.4 Å². The predicted octanol–water partition coefficient (Wildman–Crippen LogP) is 5.33. The molecule has 0 saturated heterocycles. The Labute approximate surface area is 144 Å². The molecular formula is C17H11BrFN3S. The van der Waals surface area contributed by atoms with E-state index in [1.165, 1.54) is 12.1 Å². The number of rotatable bonds is 2. The smallest absolute Gasteiger partial charge is 0.137 e. The number of nitrogens with zero attached hydrogens (tertiary/aromatic N) is 3. The van der Waals surface area contributed by atoms with Crippen molar-refractivity contribution in [2.75, 3.05) is 0 Å². The van der Waals surface area contributed by atoms with Crippen LogP contribution in [0.15, 0.2) is 53.3 Å². The third-order valence-corrected chi connectivity index (χ3v) is 5.23. The maximum absolute atomic E-state index is 13.1. The Bertz CT molecular complexity index is 1000. The van der Waals surface area contributed by atoms with Crippen molar-refractivity contribution < 1.29 is 4.39 Å². The van der Waals surface area contributed by atoms with Crippen molar-refractivity contribution in [3.63, 3.8) is 0 Å². The maximum Gasteiger partial charge on any atom is 0.137 e. The molecule has 0 unspecified atom stereocenters. The SMILES string of the molecule is Cc1nc(-c2ccc(F)cc2)sc1-c1cn2cc(Br)ccc2n1. The first-order valence-corrected chi connectivity index (χ1v) is 8.59. The summed E-state index contributed by atoms with van der Waals surface area (Å²) in [5, 5.41) is 0.871. The molecule has 0 amide bonds. The third-order valence-electron chi connectivity index (χ3n) is 3.54. The minimum Gasteiger partial charge on any atom is -0.305 e. The number of imidazole rings is 1. The number of fused-ring (bicyclic) bond motifs is 1. The van der Waals surface area contributed by atoms with E-state index in [4.69, 9.17) is 0 Å². The van der Waals surface area contributed by atoms with Gasteiger partial charge in [-0.3, -0.25) is 0 Å². The van der Waals surface area contributed by atoms with Gasteiger partial charge >= 0.3 is 0 Å². The Morgan fingerprint density at radius 3 is 2.61 bits per heavy atom. The van der Waals surface area contributed by atoms with E-state index >= 15 is 0 Å². The summed E-state index contributed by atoms with van der Waals surface area (Å²) in [5.74, 6) is -0.242. The van der Waals surface area contributed by atoms with Gasteiger partial charge in [-0.1, -0.05) is 0 Å². The van der Waals surface area contributed by atoms with Crippen molar-refractivity contribution in [2.45, 2.75) is 6.92 Å². The second kappa shape index (κ2) is 5.54. The zero-order chi connectivity index (χ0) is 16.0. The van der Waals surface area contributed by atoms with Crippen molar-refractivity contribution in [3.8, 4) is 21.1 Å². The zero-order valence-corrected chi connectivity index (χ0v) is 14.5. The maximum atomic E-state index is 13.1. The van der Waals surface area contributed by atoms with Crippen LogP contribution in [-0.2, 0) is 0 Å². The van der Waals surface area contributed by atoms with Gasteiger partial charge in [0.05, 0.1) is 10.6 Å². The van der Waals surface area contributed by atoms with Gasteiger partial charge in [-0.25, -0.2) is 14.4 Å². The monoisotopic (exact) mass is 387 g/mol. The Hall–Kier alpha value is -2.05. The Morgan fingerprint density at radius 2 is 1.83 bits per heavy atom. The quantitative estimate of drug-likeness (QED) is 0.464. The van der Waals surface area contributed by atoms with Crippen molar-refractivity contribution in [2.24, 2.45) is 0 Å². The highest BCUT2D eigenvalue weighted by atomic mass is 79.9. The van der Waals surface area contributed by atoms with Crippen molar-refractivity contribution in [1.29, 1.82) is 0 Å². The molecule has 4 aromatic rings. The molecule has 0 saturated carbocycles. The summed E-state index contributed by atoms with van der Waals surface area (Å²) in [4.78, 5) is 10.3. The molecule has 0 aliphatic heterocycles. The number of aromatic nitrogens is 3. The second-order valence-electron chi connectivity index (χ2n) is 5.18. The summed E-state index contributed by atoms with van der Waals surface area (Å²) in [5.41, 5.74) is 3.62. The van der Waals surface area contributed by atoms with Crippen molar-refractivity contribution in [3.05, 3.63) is 64.8 Å². The number of hydrogen-bond donors (Lipinski definition) is 0. The fourth-order valence-corrected chi connectivity index (χ4v) is 3.80. The average molecular weight is 388 g/mol. The number of aryl methyl sites for hydroxylation is 1. The Kier molecular flexibility index (Phi) is 3.50. The van der Waals surface area contributed by atoms with E-state index in [0.717, 1.165) is 37.0 Å². The van der Waals surface area contributed by atoms with Crippen molar-refractivity contribution >= 4 is 32.9 Å². The average Bonchev–Trinajstić information content (AvgIpc) is 3.10. The lowest BCUT2D eigenvalue weighted by Crippen LogP contribution is -1.80. The van der Waals surface area contributed by atoms with Crippen LogP contribution in [0, 0.1) is 12.7 Å². The minimum absolute atomic E-state index is 0.242. The predicted molar refractivity (Wildman–Crippen MR) is 94.1 cm³/mol. The van der Waals surface area contributed by atoms with Gasteiger partial charge in [0.1, 0.15) is 22.2 Å². The second-order valence-corrected chi connectivity index (χ2v) is 7.09. The fourth-order valence-electron chi connectivity index (χ4n) is 2.42. The summed E-state index contributed by atoms with van der Waals surface area (Å²) in [7, 11) is 0. The van der Waals surface area contributed by atoms with Gasteiger partial charge in [0.25, 0.3) is 0 Å². The number of pyridine rings is 1. The lowest BCUT2D eigenvalue weighted by Gasteiger charge is -1.94. The van der Waals surface area contributed by atoms with Crippen molar-refractivity contribution in [1.82, 2.24) is 14.4 Å². The molecule has 1 aromatic carbocycles. The summed E-state index contributed by atoms with van der Waals surface area (Å²) in [6.45, 7) is 1.97. The van der Waals surface area contributed by atoms with Crippen LogP contribution < -0.4 is 0 Å². The summed E-state index contributed by atoms with van der Waals surface area (Å²) < 4.78 is 16.1. The third kappa shape index (κ3) is 2.68. The molecule has 0 N–H and O–H groups in total. The lowest BCUT2D eigenvalue weighted by atomic mass is 10.2. The van der Waals surface area contributed by atoms with E-state index in [9.17, 15) is 4.39 Å². The van der Waals surface area contributed by atoms with Gasteiger partial charge in [-0.05, 0) is 59.3 Å². The number of halogens is 2. The molecule has 3 heterocycles. The first kappa shape index (κ1) is 14.5. The van der Waals surface area contributed by atoms with Crippen LogP contribution in [0.1, 0.15) is 5.69 Å². The molecule has 0 fully saturated rings. The van der Waals surface area contributed by atoms with Crippen LogP contribution in [0.25, 0.3) is 26.8 Å². The Morgan fingerprint density at radius 1 is 1.04 bits per heavy atom. The van der Waals surface area contributed by atoms with E-state index in [1.807, 2.05) is 35.9 Å². The molecule has 0 atom stereocenters. The standard InChI is InChI=1S/C17H11BrFN3S/c1-10-16(14-9-22-8-12(18)4-7-15(22)21-14)23-17(20-10)11-2-5-13(19)6-3-11/h2-9H,1H3. The van der Waals surface area contributed by atoms with Gasteiger partial charge in [-0.2, -0.15) is 0 Å². The van der Waals surface area contributed by atoms with Crippen LogP contribution in [0.4, 0.5) is 4.39 Å². The molecule has 3 aromatic heterocycles. The first-order chi connectivity index (χ1) is 11.1. The molecule has 114 valence electrons. The largest absolute Gasteiger partial charge is 0.305 e. The molecule has 0 aliphatic rings. The van der Waals surface area contributed by atoms with Crippen LogP contribution >= 0.6 is 27.3 Å². The van der Waals surface area contributed by atoms with E-state index < -0.39 is 0 Å². The lowest BCUT2D eigenvalue weighted by molar-refractivity contribution is 0.628. The molecular weight excluding hydrogens is 377 g/mol. The van der Waals surface area contributed by atoms with Crippen LogP contribution in [0.5, 0.6) is 0 Å². The molecule has 4 rings (SSSR count). The molecule has 3 nitrogen and oxygen atoms in total. The van der Waals surface area contributed by atoms with Crippen LogP contribution in [0.3, 0.4) is 0 Å². The number of benzene rings is 1. The summed E-state index contributed by atoms with van der Waals surface area (Å²) >= 11 is 5.03. The fraction of sp³-hybridized carbons (Fsp3) is 0.0588. The van der Waals surface area contributed by atoms with E-state index in [1.54, 1.807) is 23.5 Å². The number of thiazole rings is 1. The highest BCUT2D eigenvalue weighted by molar-refractivity contribution is 9.10. The number of hydrogen-bond acceptors (Lipinski definition) is 3.